The molecule has 0 bridgehead atoms. The first kappa shape index (κ1) is 6.32. The Labute approximate surface area is 54.1 Å². The van der Waals surface area contributed by atoms with Gasteiger partial charge in [0.1, 0.15) is 0 Å². The molecule has 0 fully saturated rings. The molecular weight excluding hydrogens is 114 g/mol. The fourth-order valence-corrected chi connectivity index (χ4v) is 0.748. The highest BCUT2D eigenvalue weighted by atomic mass is 14.9. The largest absolute Gasteiger partial charge is 0.365 e. The summed E-state index contributed by atoms with van der Waals surface area (Å²) in [7, 11) is 0. The van der Waals surface area contributed by atoms with E-state index in [1.807, 2.05) is 18.3 Å². The number of hydrogen-bond acceptors (Lipinski definition) is 2. The molecule has 0 aromatic carbocycles. The smallest absolute Gasteiger partial charge is 0.0576 e. The van der Waals surface area contributed by atoms with Gasteiger partial charge >= 0.3 is 0 Å². The van der Waals surface area contributed by atoms with Crippen LogP contribution >= 0.6 is 0 Å². The number of aromatic amines is 1. The van der Waals surface area contributed by atoms with Crippen LogP contribution in [0.2, 0.25) is 0 Å². The van der Waals surface area contributed by atoms with Gasteiger partial charge in [-0.15, -0.1) is 0 Å². The first-order valence-electron chi connectivity index (χ1n) is 2.92. The third kappa shape index (κ3) is 1.87. The second-order valence-electron chi connectivity index (χ2n) is 2.06. The third-order valence-electron chi connectivity index (χ3n) is 1.12. The van der Waals surface area contributed by atoms with E-state index in [0.29, 0.717) is 6.42 Å². The summed E-state index contributed by atoms with van der Waals surface area (Å²) in [4.78, 5) is 3.01. The predicted molar refractivity (Wildman–Crippen MR) is 36.7 cm³/mol. The quantitative estimate of drug-likeness (QED) is 0.479. The molecule has 9 heavy (non-hydrogen) atoms. The van der Waals surface area contributed by atoms with E-state index in [9.17, 15) is 0 Å². The molecule has 0 aliphatic rings. The summed E-state index contributed by atoms with van der Waals surface area (Å²) >= 11 is 0. The first-order chi connectivity index (χ1) is 4.29. The summed E-state index contributed by atoms with van der Waals surface area (Å²) in [5.41, 5.74) is 11.8. The van der Waals surface area contributed by atoms with E-state index >= 15 is 0 Å². The summed E-state index contributed by atoms with van der Waals surface area (Å²) in [6.45, 7) is 0. The monoisotopic (exact) mass is 125 g/mol. The fraction of sp³-hybridized carbons (Fsp3) is 0.333. The van der Waals surface area contributed by atoms with Gasteiger partial charge in [-0.05, 0) is 12.1 Å². The van der Waals surface area contributed by atoms with Gasteiger partial charge in [0.25, 0.3) is 0 Å². The molecule has 0 saturated carbocycles. The van der Waals surface area contributed by atoms with E-state index in [2.05, 4.69) is 4.98 Å². The van der Waals surface area contributed by atoms with Crippen LogP contribution in [-0.4, -0.2) is 11.1 Å². The Morgan fingerprint density at radius 1 is 1.56 bits per heavy atom. The van der Waals surface area contributed by atoms with Crippen LogP contribution in [0.1, 0.15) is 5.69 Å². The Morgan fingerprint density at radius 2 is 2.33 bits per heavy atom. The summed E-state index contributed by atoms with van der Waals surface area (Å²) in [6, 6.07) is 3.89. The van der Waals surface area contributed by atoms with Crippen molar-refractivity contribution in [2.75, 3.05) is 0 Å². The zero-order chi connectivity index (χ0) is 6.69. The van der Waals surface area contributed by atoms with Crippen LogP contribution in [0.15, 0.2) is 18.3 Å². The van der Waals surface area contributed by atoms with Crippen molar-refractivity contribution in [1.82, 2.24) is 4.98 Å². The molecule has 0 aliphatic heterocycles. The Balaban J connectivity index is 2.48. The van der Waals surface area contributed by atoms with E-state index in [-0.39, 0.29) is 6.17 Å². The van der Waals surface area contributed by atoms with E-state index < -0.39 is 0 Å². The normalized spacial score (nSPS) is 10.6. The van der Waals surface area contributed by atoms with Gasteiger partial charge in [-0.1, -0.05) is 0 Å². The minimum Gasteiger partial charge on any atom is -0.365 e. The molecule has 50 valence electrons. The number of H-pyrrole nitrogens is 1. The molecule has 3 heteroatoms. The van der Waals surface area contributed by atoms with Crippen molar-refractivity contribution in [3.05, 3.63) is 24.0 Å². The molecule has 0 amide bonds. The topological polar surface area (TPSA) is 67.8 Å². The van der Waals surface area contributed by atoms with Gasteiger partial charge in [0.2, 0.25) is 0 Å². The molecule has 0 aliphatic carbocycles. The van der Waals surface area contributed by atoms with Crippen LogP contribution in [0.3, 0.4) is 0 Å². The summed E-state index contributed by atoms with van der Waals surface area (Å²) in [5, 5.41) is 0. The Kier molecular flexibility index (Phi) is 1.87. The average Bonchev–Trinajstić information content (AvgIpc) is 2.15. The Hall–Kier alpha value is -0.800. The third-order valence-corrected chi connectivity index (χ3v) is 1.12. The summed E-state index contributed by atoms with van der Waals surface area (Å²) in [5.74, 6) is 0. The first-order valence-corrected chi connectivity index (χ1v) is 2.92. The number of nitrogens with two attached hydrogens (primary N) is 2. The van der Waals surface area contributed by atoms with Gasteiger partial charge in [-0.3, -0.25) is 0 Å². The van der Waals surface area contributed by atoms with Crippen LogP contribution in [0, 0.1) is 0 Å². The minimum atomic E-state index is -0.247. The standard InChI is InChI=1S/C6H11N3/c7-6(8)4-5-2-1-3-9-5/h1-3,6,9H,4,7-8H2. The SMILES string of the molecule is NC(N)Cc1ccc[nH]1. The van der Waals surface area contributed by atoms with Crippen molar-refractivity contribution in [2.45, 2.75) is 12.6 Å². The van der Waals surface area contributed by atoms with Gasteiger partial charge in [-0.25, -0.2) is 0 Å². The maximum atomic E-state index is 5.34. The fourth-order valence-electron chi connectivity index (χ4n) is 0.748. The summed E-state index contributed by atoms with van der Waals surface area (Å²) < 4.78 is 0. The van der Waals surface area contributed by atoms with E-state index in [0.717, 1.165) is 5.69 Å². The molecule has 1 aromatic heterocycles. The molecule has 0 saturated heterocycles. The number of aromatic nitrogens is 1. The van der Waals surface area contributed by atoms with Crippen molar-refractivity contribution >= 4 is 0 Å². The van der Waals surface area contributed by atoms with Crippen molar-refractivity contribution < 1.29 is 0 Å². The van der Waals surface area contributed by atoms with E-state index in [4.69, 9.17) is 11.5 Å². The molecule has 1 aromatic rings. The van der Waals surface area contributed by atoms with Crippen LogP contribution in [0.25, 0.3) is 0 Å². The van der Waals surface area contributed by atoms with Crippen molar-refractivity contribution in [3.8, 4) is 0 Å². The van der Waals surface area contributed by atoms with Gasteiger partial charge in [0.05, 0.1) is 6.17 Å². The Bertz CT molecular complexity index is 155. The van der Waals surface area contributed by atoms with Gasteiger partial charge in [0.15, 0.2) is 0 Å². The molecule has 1 rings (SSSR count). The van der Waals surface area contributed by atoms with Crippen molar-refractivity contribution in [2.24, 2.45) is 11.5 Å². The zero-order valence-corrected chi connectivity index (χ0v) is 5.17. The van der Waals surface area contributed by atoms with Crippen LogP contribution < -0.4 is 11.5 Å². The molecule has 1 heterocycles. The zero-order valence-electron chi connectivity index (χ0n) is 5.17. The molecule has 0 radical (unpaired) electrons. The summed E-state index contributed by atoms with van der Waals surface area (Å²) in [6.07, 6.45) is 2.33. The van der Waals surface area contributed by atoms with Gasteiger partial charge in [0, 0.05) is 18.3 Å². The predicted octanol–water partition coefficient (Wildman–Crippen LogP) is -0.199. The minimum absolute atomic E-state index is 0.247. The van der Waals surface area contributed by atoms with Crippen LogP contribution in [0.5, 0.6) is 0 Å². The van der Waals surface area contributed by atoms with Crippen LogP contribution in [0.4, 0.5) is 0 Å². The van der Waals surface area contributed by atoms with E-state index in [1.54, 1.807) is 0 Å². The molecular formula is C6H11N3. The molecule has 0 atom stereocenters. The van der Waals surface area contributed by atoms with E-state index in [1.165, 1.54) is 0 Å². The Morgan fingerprint density at radius 3 is 2.78 bits per heavy atom. The molecule has 3 nitrogen and oxygen atoms in total. The lowest BCUT2D eigenvalue weighted by Gasteiger charge is -2.00. The number of hydrogen-bond donors (Lipinski definition) is 3. The van der Waals surface area contributed by atoms with Gasteiger partial charge in [-0.2, -0.15) is 0 Å². The van der Waals surface area contributed by atoms with Crippen molar-refractivity contribution in [3.63, 3.8) is 0 Å². The highest BCUT2D eigenvalue weighted by molar-refractivity contribution is 5.04. The van der Waals surface area contributed by atoms with Crippen LogP contribution in [-0.2, 0) is 6.42 Å². The average molecular weight is 125 g/mol. The lowest BCUT2D eigenvalue weighted by molar-refractivity contribution is 0.693. The maximum absolute atomic E-state index is 5.34. The van der Waals surface area contributed by atoms with Crippen molar-refractivity contribution in [1.29, 1.82) is 0 Å². The lowest BCUT2D eigenvalue weighted by atomic mass is 10.3. The molecule has 0 spiro atoms. The second kappa shape index (κ2) is 2.66. The highest BCUT2D eigenvalue weighted by Gasteiger charge is 1.95. The molecule has 0 unspecified atom stereocenters. The lowest BCUT2D eigenvalue weighted by Crippen LogP contribution is -2.32. The number of nitrogens with one attached hydrogen (secondary N) is 1. The maximum Gasteiger partial charge on any atom is 0.0576 e. The molecule has 5 N–H and O–H groups in total. The second-order valence-corrected chi connectivity index (χ2v) is 2.06. The highest BCUT2D eigenvalue weighted by Crippen LogP contribution is 1.94. The van der Waals surface area contributed by atoms with Gasteiger partial charge < -0.3 is 16.5 Å². The number of rotatable bonds is 2.